The highest BCUT2D eigenvalue weighted by Crippen LogP contribution is 2.37. The number of para-hydroxylation sites is 2. The lowest BCUT2D eigenvalue weighted by Crippen LogP contribution is -2.43. The van der Waals surface area contributed by atoms with Crippen molar-refractivity contribution in [2.75, 3.05) is 52.5 Å². The van der Waals surface area contributed by atoms with E-state index in [0.29, 0.717) is 37.4 Å². The second-order valence-corrected chi connectivity index (χ2v) is 17.0. The number of hydrogen-bond donors (Lipinski definition) is 3. The summed E-state index contributed by atoms with van der Waals surface area (Å²) in [6, 6.07) is 38.1. The second kappa shape index (κ2) is 26.4. The van der Waals surface area contributed by atoms with Gasteiger partial charge in [0.05, 0.1) is 40.5 Å². The summed E-state index contributed by atoms with van der Waals surface area (Å²) < 4.78 is 91.1. The van der Waals surface area contributed by atoms with Gasteiger partial charge in [-0.2, -0.15) is 26.3 Å². The standard InChI is InChI=1S/C27H28F3N3O2.C14H19NO3.C13H11F3N2/c28-27(29,30)23-11-5-4-10-22(23)25(24-12-6-7-15-31-24)32-26(34)20-13-16-33(17-14-20)18-19-35-21-8-2-1-3-9-21;16-14(17)12-6-8-15(9-7-12)10-11-18-13-4-2-1-3-5-13;14-13(15,16)10-6-2-1-5-9(10)12(17)11-7-3-4-8-18-11/h1-12,15,20,25H,13-14,16-19H2,(H,32,34);1-5,12H,6-11H2,(H,16,17);1-8,12H,17H2. The Labute approximate surface area is 409 Å². The van der Waals surface area contributed by atoms with Crippen LogP contribution in [-0.4, -0.2) is 89.2 Å². The van der Waals surface area contributed by atoms with Crippen molar-refractivity contribution in [1.82, 2.24) is 25.1 Å². The van der Waals surface area contributed by atoms with Crippen molar-refractivity contribution < 1.29 is 50.5 Å². The van der Waals surface area contributed by atoms with E-state index in [4.69, 9.17) is 20.3 Å². The van der Waals surface area contributed by atoms with Crippen LogP contribution in [-0.2, 0) is 21.9 Å². The zero-order chi connectivity index (χ0) is 50.6. The van der Waals surface area contributed by atoms with Crippen LogP contribution in [0.3, 0.4) is 0 Å². The zero-order valence-electron chi connectivity index (χ0n) is 39.0. The van der Waals surface area contributed by atoms with E-state index in [2.05, 4.69) is 25.1 Å². The van der Waals surface area contributed by atoms with E-state index in [9.17, 15) is 35.9 Å². The molecule has 17 heteroatoms. The number of hydrogen-bond acceptors (Lipinski definition) is 9. The third-order valence-corrected chi connectivity index (χ3v) is 12.2. The first kappa shape index (κ1) is 53.5. The maximum absolute atomic E-state index is 13.7. The molecule has 2 atom stereocenters. The van der Waals surface area contributed by atoms with E-state index in [1.165, 1.54) is 42.7 Å². The third-order valence-electron chi connectivity index (χ3n) is 12.2. The van der Waals surface area contributed by atoms with Gasteiger partial charge in [-0.3, -0.25) is 29.4 Å². The van der Waals surface area contributed by atoms with Gasteiger partial charge in [-0.25, -0.2) is 0 Å². The average molecular weight is 985 g/mol. The molecule has 0 bridgehead atoms. The Bertz CT molecular complexity index is 2510. The Morgan fingerprint density at radius 3 is 1.44 bits per heavy atom. The Morgan fingerprint density at radius 1 is 0.577 bits per heavy atom. The molecule has 0 saturated carbocycles. The highest BCUT2D eigenvalue weighted by Gasteiger charge is 2.37. The van der Waals surface area contributed by atoms with Gasteiger partial charge in [-0.15, -0.1) is 0 Å². The molecule has 1 amide bonds. The number of amides is 1. The van der Waals surface area contributed by atoms with E-state index in [0.717, 1.165) is 75.7 Å². The molecule has 4 aromatic carbocycles. The Hall–Kier alpha value is -6.82. The van der Waals surface area contributed by atoms with Crippen LogP contribution in [0.5, 0.6) is 11.5 Å². The summed E-state index contributed by atoms with van der Waals surface area (Å²) in [7, 11) is 0. The van der Waals surface area contributed by atoms with Gasteiger partial charge >= 0.3 is 18.3 Å². The SMILES string of the molecule is NC(c1ccccn1)c1ccccc1C(F)(F)F.O=C(NC(c1ccccn1)c1ccccc1C(F)(F)F)C1CCN(CCOc2ccccc2)CC1.O=C(O)C1CCN(CCOc2ccccc2)CC1. The molecule has 6 aromatic rings. The number of carbonyl (C=O) groups excluding carboxylic acids is 1. The molecule has 2 aromatic heterocycles. The van der Waals surface area contributed by atoms with Gasteiger partial charge in [0.15, 0.2) is 0 Å². The van der Waals surface area contributed by atoms with E-state index in [1.807, 2.05) is 60.7 Å². The number of halogens is 6. The lowest BCUT2D eigenvalue weighted by Gasteiger charge is -2.32. The number of likely N-dealkylation sites (tertiary alicyclic amines) is 2. The minimum atomic E-state index is -4.54. The summed E-state index contributed by atoms with van der Waals surface area (Å²) in [4.78, 5) is 36.7. The topological polar surface area (TPSA) is 143 Å². The van der Waals surface area contributed by atoms with Crippen LogP contribution >= 0.6 is 0 Å². The molecule has 2 saturated heterocycles. The van der Waals surface area contributed by atoms with Crippen molar-refractivity contribution >= 4 is 11.9 Å². The maximum Gasteiger partial charge on any atom is 0.416 e. The molecular weight excluding hydrogens is 927 g/mol. The summed E-state index contributed by atoms with van der Waals surface area (Å²) in [6.07, 6.45) is -3.17. The van der Waals surface area contributed by atoms with Crippen LogP contribution in [0, 0.1) is 11.8 Å². The largest absolute Gasteiger partial charge is 0.492 e. The molecule has 11 nitrogen and oxygen atoms in total. The smallest absolute Gasteiger partial charge is 0.416 e. The van der Waals surface area contributed by atoms with E-state index in [1.54, 1.807) is 42.5 Å². The van der Waals surface area contributed by atoms with Gasteiger partial charge < -0.3 is 25.6 Å². The van der Waals surface area contributed by atoms with Gasteiger partial charge in [0.2, 0.25) is 5.91 Å². The quantitative estimate of drug-likeness (QED) is 0.0851. The Kier molecular flexibility index (Phi) is 19.9. The number of benzene rings is 4. The van der Waals surface area contributed by atoms with Crippen LogP contribution < -0.4 is 20.5 Å². The Balaban J connectivity index is 0.000000192. The van der Waals surface area contributed by atoms with Crippen LogP contribution in [0.1, 0.15) is 71.4 Å². The number of piperidine rings is 2. The number of aliphatic carboxylic acids is 1. The molecule has 2 aliphatic rings. The number of rotatable bonds is 15. The molecule has 4 heterocycles. The van der Waals surface area contributed by atoms with Gasteiger partial charge in [-0.1, -0.05) is 84.9 Å². The van der Waals surface area contributed by atoms with Crippen LogP contribution in [0.15, 0.2) is 158 Å². The van der Waals surface area contributed by atoms with Gasteiger partial charge in [0.1, 0.15) is 24.7 Å². The van der Waals surface area contributed by atoms with Crippen LogP contribution in [0.2, 0.25) is 0 Å². The molecule has 376 valence electrons. The molecule has 71 heavy (non-hydrogen) atoms. The molecule has 0 spiro atoms. The normalized spacial score (nSPS) is 15.7. The number of nitrogens with two attached hydrogens (primary N) is 1. The fourth-order valence-electron chi connectivity index (χ4n) is 8.31. The lowest BCUT2D eigenvalue weighted by atomic mass is 9.93. The molecule has 0 radical (unpaired) electrons. The Morgan fingerprint density at radius 2 is 0.986 bits per heavy atom. The number of carboxylic acids is 1. The first-order chi connectivity index (χ1) is 34.2. The minimum absolute atomic E-state index is 0.0115. The predicted octanol–water partition coefficient (Wildman–Crippen LogP) is 10.1. The first-order valence-electron chi connectivity index (χ1n) is 23.4. The van der Waals surface area contributed by atoms with Crippen molar-refractivity contribution in [3.8, 4) is 11.5 Å². The summed E-state index contributed by atoms with van der Waals surface area (Å²) in [5, 5.41) is 11.8. The molecule has 8 rings (SSSR count). The summed E-state index contributed by atoms with van der Waals surface area (Å²) in [6.45, 7) is 5.98. The number of ether oxygens (including phenoxy) is 2. The van der Waals surface area contributed by atoms with Crippen molar-refractivity contribution in [3.63, 3.8) is 0 Å². The van der Waals surface area contributed by atoms with Gasteiger partial charge in [0.25, 0.3) is 0 Å². The number of aromatic nitrogens is 2. The van der Waals surface area contributed by atoms with Gasteiger partial charge in [0, 0.05) is 31.4 Å². The lowest BCUT2D eigenvalue weighted by molar-refractivity contribution is -0.143. The van der Waals surface area contributed by atoms with Crippen molar-refractivity contribution in [2.45, 2.75) is 50.1 Å². The monoisotopic (exact) mass is 984 g/mol. The second-order valence-electron chi connectivity index (χ2n) is 17.0. The fraction of sp³-hybridized carbons (Fsp3) is 0.333. The number of alkyl halides is 6. The molecule has 2 aliphatic heterocycles. The number of nitrogens with zero attached hydrogens (tertiary/aromatic N) is 4. The summed E-state index contributed by atoms with van der Waals surface area (Å²) in [5.41, 5.74) is 5.16. The maximum atomic E-state index is 13.7. The van der Waals surface area contributed by atoms with E-state index in [-0.39, 0.29) is 28.9 Å². The summed E-state index contributed by atoms with van der Waals surface area (Å²) >= 11 is 0. The van der Waals surface area contributed by atoms with Crippen molar-refractivity contribution in [3.05, 3.63) is 192 Å². The van der Waals surface area contributed by atoms with Crippen molar-refractivity contribution in [2.24, 2.45) is 17.6 Å². The van der Waals surface area contributed by atoms with Gasteiger partial charge in [-0.05, 0) is 124 Å². The predicted molar refractivity (Wildman–Crippen MR) is 257 cm³/mol. The van der Waals surface area contributed by atoms with Crippen LogP contribution in [0.4, 0.5) is 26.3 Å². The molecule has 2 unspecified atom stereocenters. The fourth-order valence-corrected chi connectivity index (χ4v) is 8.31. The average Bonchev–Trinajstić information content (AvgIpc) is 3.39. The summed E-state index contributed by atoms with van der Waals surface area (Å²) in [5.74, 6) is 0.370. The molecule has 4 N–H and O–H groups in total. The number of carboxylic acid groups (broad SMARTS) is 1. The number of nitrogens with one attached hydrogen (secondary N) is 1. The van der Waals surface area contributed by atoms with Crippen molar-refractivity contribution in [1.29, 1.82) is 0 Å². The van der Waals surface area contributed by atoms with E-state index >= 15 is 0 Å². The highest BCUT2D eigenvalue weighted by atomic mass is 19.4. The zero-order valence-corrected chi connectivity index (χ0v) is 39.0. The number of pyridine rings is 2. The molecule has 2 fully saturated rings. The molecule has 0 aliphatic carbocycles. The van der Waals surface area contributed by atoms with E-state index < -0.39 is 41.5 Å². The highest BCUT2D eigenvalue weighted by molar-refractivity contribution is 5.79. The minimum Gasteiger partial charge on any atom is -0.492 e. The first-order valence-corrected chi connectivity index (χ1v) is 23.4. The van der Waals surface area contributed by atoms with Crippen LogP contribution in [0.25, 0.3) is 0 Å². The molecular formula is C54H58F6N6O5. The number of carbonyl (C=O) groups is 2. The third kappa shape index (κ3) is 16.6.